The van der Waals surface area contributed by atoms with Crippen molar-refractivity contribution in [2.24, 2.45) is 5.92 Å². The van der Waals surface area contributed by atoms with Crippen LogP contribution in [0.4, 0.5) is 0 Å². The Labute approximate surface area is 136 Å². The van der Waals surface area contributed by atoms with Crippen molar-refractivity contribution in [3.8, 4) is 0 Å². The SMILES string of the molecule is CCCCCCCC(C)CCOCC[S+]1CCCC1.[Cl-]. The molecule has 1 aliphatic rings. The minimum atomic E-state index is 0. The van der Waals surface area contributed by atoms with Crippen molar-refractivity contribution < 1.29 is 17.1 Å². The molecule has 0 aromatic carbocycles. The topological polar surface area (TPSA) is 9.23 Å². The van der Waals surface area contributed by atoms with Gasteiger partial charge in [-0.1, -0.05) is 52.4 Å². The van der Waals surface area contributed by atoms with Crippen LogP contribution in [0.2, 0.25) is 0 Å². The van der Waals surface area contributed by atoms with Gasteiger partial charge in [0.25, 0.3) is 0 Å². The van der Waals surface area contributed by atoms with Crippen LogP contribution in [0.25, 0.3) is 0 Å². The summed E-state index contributed by atoms with van der Waals surface area (Å²) in [6, 6.07) is 0. The smallest absolute Gasteiger partial charge is 0.131 e. The maximum atomic E-state index is 5.82. The van der Waals surface area contributed by atoms with Crippen molar-refractivity contribution in [1.82, 2.24) is 0 Å². The van der Waals surface area contributed by atoms with Gasteiger partial charge in [0.05, 0.1) is 6.61 Å². The molecule has 0 amide bonds. The van der Waals surface area contributed by atoms with Crippen LogP contribution < -0.4 is 12.4 Å². The lowest BCUT2D eigenvalue weighted by Crippen LogP contribution is -3.00. The quantitative estimate of drug-likeness (QED) is 0.393. The molecule has 0 spiro atoms. The predicted octanol–water partition coefficient (Wildman–Crippen LogP) is 1.81. The van der Waals surface area contributed by atoms with Gasteiger partial charge in [0.1, 0.15) is 17.3 Å². The first-order chi connectivity index (χ1) is 9.33. The molecule has 3 heteroatoms. The van der Waals surface area contributed by atoms with Gasteiger partial charge in [-0.15, -0.1) is 0 Å². The summed E-state index contributed by atoms with van der Waals surface area (Å²) >= 11 is 0. The standard InChI is InChI=1S/C17H35OS.ClH/c1-3-4-5-6-7-10-17(2)11-12-18-13-16-19-14-8-9-15-19;/h17H,3-16H2,1-2H3;1H/q+1;/p-1. The summed E-state index contributed by atoms with van der Waals surface area (Å²) in [5, 5.41) is 0. The van der Waals surface area contributed by atoms with Gasteiger partial charge in [-0.3, -0.25) is 0 Å². The minimum absolute atomic E-state index is 0. The zero-order valence-corrected chi connectivity index (χ0v) is 15.2. The van der Waals surface area contributed by atoms with Crippen LogP contribution in [0, 0.1) is 5.92 Å². The maximum Gasteiger partial charge on any atom is 0.131 e. The van der Waals surface area contributed by atoms with E-state index in [9.17, 15) is 0 Å². The predicted molar refractivity (Wildman–Crippen MR) is 89.2 cm³/mol. The molecule has 1 aliphatic heterocycles. The van der Waals surface area contributed by atoms with E-state index in [1.807, 2.05) is 0 Å². The van der Waals surface area contributed by atoms with E-state index in [1.165, 1.54) is 75.0 Å². The van der Waals surface area contributed by atoms with Crippen LogP contribution in [-0.4, -0.2) is 30.5 Å². The van der Waals surface area contributed by atoms with Gasteiger partial charge < -0.3 is 17.1 Å². The van der Waals surface area contributed by atoms with Crippen LogP contribution >= 0.6 is 0 Å². The van der Waals surface area contributed by atoms with Gasteiger partial charge in [-0.2, -0.15) is 0 Å². The zero-order chi connectivity index (χ0) is 13.8. The number of unbranched alkanes of at least 4 members (excludes halogenated alkanes) is 4. The van der Waals surface area contributed by atoms with Crippen LogP contribution in [0.1, 0.15) is 71.6 Å². The Morgan fingerprint density at radius 3 is 2.35 bits per heavy atom. The van der Waals surface area contributed by atoms with E-state index in [0.717, 1.165) is 30.0 Å². The van der Waals surface area contributed by atoms with Gasteiger partial charge in [-0.25, -0.2) is 0 Å². The summed E-state index contributed by atoms with van der Waals surface area (Å²) in [6.45, 7) is 6.69. The van der Waals surface area contributed by atoms with Crippen LogP contribution in [0.3, 0.4) is 0 Å². The number of halogens is 1. The second-order valence-electron chi connectivity index (χ2n) is 6.14. The van der Waals surface area contributed by atoms with Crippen LogP contribution in [0.15, 0.2) is 0 Å². The average Bonchev–Trinajstić information content (AvgIpc) is 2.91. The van der Waals surface area contributed by atoms with Crippen molar-refractivity contribution in [3.63, 3.8) is 0 Å². The molecule has 1 saturated heterocycles. The molecule has 20 heavy (non-hydrogen) atoms. The third-order valence-electron chi connectivity index (χ3n) is 4.19. The Bertz CT molecular complexity index is 195. The molecule has 0 radical (unpaired) electrons. The van der Waals surface area contributed by atoms with E-state index in [4.69, 9.17) is 4.74 Å². The molecule has 1 nitrogen and oxygen atoms in total. The van der Waals surface area contributed by atoms with Crippen molar-refractivity contribution in [2.45, 2.75) is 71.6 Å². The molecule has 0 bridgehead atoms. The lowest BCUT2D eigenvalue weighted by Gasteiger charge is -2.11. The summed E-state index contributed by atoms with van der Waals surface area (Å²) in [7, 11) is 0.725. The first kappa shape index (κ1) is 20.6. The molecule has 1 unspecified atom stereocenters. The maximum absolute atomic E-state index is 5.82. The summed E-state index contributed by atoms with van der Waals surface area (Å²) < 4.78 is 5.82. The van der Waals surface area contributed by atoms with E-state index in [1.54, 1.807) is 0 Å². The van der Waals surface area contributed by atoms with E-state index >= 15 is 0 Å². The number of hydrogen-bond donors (Lipinski definition) is 0. The Kier molecular flexibility index (Phi) is 15.0. The fourth-order valence-corrected chi connectivity index (χ4v) is 4.91. The normalized spacial score (nSPS) is 17.1. The van der Waals surface area contributed by atoms with Crippen molar-refractivity contribution >= 4 is 10.9 Å². The summed E-state index contributed by atoms with van der Waals surface area (Å²) in [4.78, 5) is 0. The third kappa shape index (κ3) is 11.3. The van der Waals surface area contributed by atoms with E-state index in [0.29, 0.717) is 0 Å². The lowest BCUT2D eigenvalue weighted by molar-refractivity contribution is -0.00000524. The Hall–Kier alpha value is 0.600. The summed E-state index contributed by atoms with van der Waals surface area (Å²) in [6.07, 6.45) is 12.7. The fourth-order valence-electron chi connectivity index (χ4n) is 2.72. The molecule has 0 aliphatic carbocycles. The molecule has 0 saturated carbocycles. The molecule has 0 N–H and O–H groups in total. The molecule has 1 fully saturated rings. The molecule has 1 atom stereocenters. The second kappa shape index (κ2) is 14.5. The van der Waals surface area contributed by atoms with Gasteiger partial charge >= 0.3 is 0 Å². The molecule has 122 valence electrons. The van der Waals surface area contributed by atoms with Crippen molar-refractivity contribution in [3.05, 3.63) is 0 Å². The van der Waals surface area contributed by atoms with Crippen molar-refractivity contribution in [1.29, 1.82) is 0 Å². The first-order valence-corrected chi connectivity index (χ1v) is 10.3. The highest BCUT2D eigenvalue weighted by Gasteiger charge is 2.22. The first-order valence-electron chi connectivity index (χ1n) is 8.54. The lowest BCUT2D eigenvalue weighted by atomic mass is 10.00. The summed E-state index contributed by atoms with van der Waals surface area (Å²) in [5.41, 5.74) is 0. The fraction of sp³-hybridized carbons (Fsp3) is 1.00. The largest absolute Gasteiger partial charge is 1.00 e. The minimum Gasteiger partial charge on any atom is -1.00 e. The molecule has 0 aromatic heterocycles. The van der Waals surface area contributed by atoms with Gasteiger partial charge in [0.2, 0.25) is 0 Å². The molecule has 1 heterocycles. The molecule has 0 aromatic rings. The van der Waals surface area contributed by atoms with E-state index < -0.39 is 0 Å². The van der Waals surface area contributed by atoms with Crippen LogP contribution in [0.5, 0.6) is 0 Å². The number of hydrogen-bond acceptors (Lipinski definition) is 1. The molecular weight excluding hydrogens is 288 g/mol. The third-order valence-corrected chi connectivity index (χ3v) is 6.66. The Balaban J connectivity index is 0.00000361. The molecular formula is C17H35ClOS. The average molecular weight is 323 g/mol. The Morgan fingerprint density at radius 1 is 0.950 bits per heavy atom. The van der Waals surface area contributed by atoms with Gasteiger partial charge in [0, 0.05) is 6.61 Å². The highest BCUT2D eigenvalue weighted by Crippen LogP contribution is 2.15. The Morgan fingerprint density at radius 2 is 1.65 bits per heavy atom. The van der Waals surface area contributed by atoms with Gasteiger partial charge in [-0.05, 0) is 36.1 Å². The van der Waals surface area contributed by atoms with Gasteiger partial charge in [0.15, 0.2) is 0 Å². The summed E-state index contributed by atoms with van der Waals surface area (Å²) in [5.74, 6) is 5.16. The van der Waals surface area contributed by atoms with Crippen molar-refractivity contribution in [2.75, 3.05) is 30.5 Å². The highest BCUT2D eigenvalue weighted by molar-refractivity contribution is 7.97. The number of rotatable bonds is 12. The van der Waals surface area contributed by atoms with Crippen LogP contribution in [-0.2, 0) is 15.6 Å². The zero-order valence-electron chi connectivity index (χ0n) is 13.7. The highest BCUT2D eigenvalue weighted by atomic mass is 35.5. The molecule has 1 rings (SSSR count). The number of ether oxygens (including phenoxy) is 1. The monoisotopic (exact) mass is 322 g/mol. The second-order valence-corrected chi connectivity index (χ2v) is 8.59. The van der Waals surface area contributed by atoms with E-state index in [2.05, 4.69) is 13.8 Å². The van der Waals surface area contributed by atoms with E-state index in [-0.39, 0.29) is 12.4 Å².